The zero-order chi connectivity index (χ0) is 41.2. The smallest absolute Gasteiger partial charge is 0.296 e. The van der Waals surface area contributed by atoms with Crippen LogP contribution in [0.5, 0.6) is 5.75 Å². The number of rotatable bonds is 13. The lowest BCUT2D eigenvalue weighted by molar-refractivity contribution is 0.415. The Hall–Kier alpha value is -6.08. The van der Waals surface area contributed by atoms with E-state index in [1.807, 2.05) is 0 Å². The second-order valence-corrected chi connectivity index (χ2v) is 16.8. The van der Waals surface area contributed by atoms with Crippen molar-refractivity contribution in [2.45, 2.75) is 14.7 Å². The first kappa shape index (κ1) is 41.1. The van der Waals surface area contributed by atoms with Crippen molar-refractivity contribution in [2.75, 3.05) is 18.6 Å². The summed E-state index contributed by atoms with van der Waals surface area (Å²) in [5, 5.41) is 25.4. The molecule has 0 radical (unpaired) electrons. The molecule has 5 aromatic rings. The van der Waals surface area contributed by atoms with Gasteiger partial charge in [-0.15, -0.1) is 25.6 Å². The summed E-state index contributed by atoms with van der Waals surface area (Å²) >= 11 is -2.56. The first-order valence-corrected chi connectivity index (χ1v) is 20.7. The molecule has 0 aliphatic carbocycles. The molecule has 0 fully saturated rings. The number of methoxy groups -OCH3 is 1. The average Bonchev–Trinajstić information content (AvgIpc) is 3.15. The van der Waals surface area contributed by atoms with E-state index in [0.29, 0.717) is 0 Å². The first-order valence-electron chi connectivity index (χ1n) is 15.2. The Bertz CT molecular complexity index is 2900. The van der Waals surface area contributed by atoms with Gasteiger partial charge in [-0.3, -0.25) is 13.3 Å². The number of benzene rings is 5. The molecule has 0 aromatic heterocycles. The SMILES string of the molecule is C=CS(=O)(=O)c1ccc(OC)c(N=Nc2ccc(N=Nc3cc(S(=O)(=O)O)c(N)c(N=Nc4ccc(C(=C)S(=O)[O-])cc4)c3N)c3ccc(S(=O)(=O)O)cc23)c1. The maximum absolute atomic E-state index is 12.4. The molecule has 1 atom stereocenters. The molecule has 5 aromatic carbocycles. The lowest BCUT2D eigenvalue weighted by Crippen LogP contribution is -2.05. The number of sulfone groups is 1. The van der Waals surface area contributed by atoms with E-state index in [0.717, 1.165) is 23.6 Å². The van der Waals surface area contributed by atoms with Crippen LogP contribution in [-0.2, 0) is 41.2 Å². The van der Waals surface area contributed by atoms with E-state index in [1.165, 1.54) is 67.8 Å². The predicted octanol–water partition coefficient (Wildman–Crippen LogP) is 7.52. The van der Waals surface area contributed by atoms with Crippen molar-refractivity contribution in [3.63, 3.8) is 0 Å². The predicted molar refractivity (Wildman–Crippen MR) is 206 cm³/mol. The highest BCUT2D eigenvalue weighted by Crippen LogP contribution is 2.44. The van der Waals surface area contributed by atoms with Crippen LogP contribution < -0.4 is 16.2 Å². The Morgan fingerprint density at radius 1 is 0.714 bits per heavy atom. The second kappa shape index (κ2) is 16.0. The normalized spacial score (nSPS) is 13.1. The zero-order valence-electron chi connectivity index (χ0n) is 28.5. The number of nitrogens with two attached hydrogens (primary N) is 2. The van der Waals surface area contributed by atoms with E-state index in [-0.39, 0.29) is 66.0 Å². The molecule has 19 nitrogen and oxygen atoms in total. The average molecular weight is 840 g/mol. The molecule has 290 valence electrons. The van der Waals surface area contributed by atoms with Crippen LogP contribution in [0.15, 0.2) is 143 Å². The molecule has 0 aliphatic rings. The Morgan fingerprint density at radius 2 is 1.30 bits per heavy atom. The van der Waals surface area contributed by atoms with Crippen molar-refractivity contribution in [1.82, 2.24) is 0 Å². The Labute approximate surface area is 321 Å². The maximum Gasteiger partial charge on any atom is 0.296 e. The van der Waals surface area contributed by atoms with Crippen LogP contribution in [0.2, 0.25) is 0 Å². The lowest BCUT2D eigenvalue weighted by Gasteiger charge is -2.11. The Morgan fingerprint density at radius 3 is 1.88 bits per heavy atom. The standard InChI is InChI=1S/C33H28N8O11S4/c1-4-54(44,45)21-10-14-29(52-3)27(16-21)39-38-26-13-12-25(23-11-9-22(15-24(23)26)55(46,47)48)37-40-28-17-30(56(49,50)51)32(35)33(31(28)34)41-36-20-7-5-19(6-8-20)18(2)53(42)43/h4-17H,1-2,34-35H2,3H3,(H,42,43)(H,46,47,48)(H,49,50,51)/p-1. The van der Waals surface area contributed by atoms with Crippen molar-refractivity contribution >= 4 is 102 Å². The number of ether oxygens (including phenoxy) is 1. The van der Waals surface area contributed by atoms with Gasteiger partial charge in [-0.1, -0.05) is 31.4 Å². The van der Waals surface area contributed by atoms with Gasteiger partial charge < -0.3 is 20.8 Å². The van der Waals surface area contributed by atoms with E-state index < -0.39 is 62.3 Å². The fourth-order valence-corrected chi connectivity index (χ4v) is 7.05. The third-order valence-electron chi connectivity index (χ3n) is 7.72. The number of hydrogen-bond acceptors (Lipinski definition) is 17. The molecule has 5 rings (SSSR count). The van der Waals surface area contributed by atoms with Crippen LogP contribution >= 0.6 is 0 Å². The van der Waals surface area contributed by atoms with E-state index >= 15 is 0 Å². The fourth-order valence-electron chi connectivity index (χ4n) is 4.85. The Kier molecular flexibility index (Phi) is 11.7. The van der Waals surface area contributed by atoms with Crippen molar-refractivity contribution in [1.29, 1.82) is 0 Å². The summed E-state index contributed by atoms with van der Waals surface area (Å²) in [5.41, 5.74) is 11.1. The number of anilines is 2. The Balaban J connectivity index is 1.62. The van der Waals surface area contributed by atoms with Gasteiger partial charge >= 0.3 is 0 Å². The van der Waals surface area contributed by atoms with Gasteiger partial charge in [-0.25, -0.2) is 8.42 Å². The molecule has 0 bridgehead atoms. The van der Waals surface area contributed by atoms with Crippen LogP contribution in [-0.4, -0.2) is 50.2 Å². The molecule has 0 saturated carbocycles. The largest absolute Gasteiger partial charge is 0.768 e. The number of nitrogen functional groups attached to an aromatic ring is 2. The second-order valence-electron chi connectivity index (χ2n) is 11.2. The van der Waals surface area contributed by atoms with Gasteiger partial charge in [-0.2, -0.15) is 21.9 Å². The van der Waals surface area contributed by atoms with Crippen molar-refractivity contribution < 1.29 is 47.9 Å². The van der Waals surface area contributed by atoms with E-state index in [4.69, 9.17) is 16.2 Å². The topological polar surface area (TPSA) is 318 Å². The van der Waals surface area contributed by atoms with Crippen molar-refractivity contribution in [2.24, 2.45) is 30.7 Å². The zero-order valence-corrected chi connectivity index (χ0v) is 31.8. The van der Waals surface area contributed by atoms with Gasteiger partial charge in [0.05, 0.1) is 45.3 Å². The molecular formula is C33H27N8O11S4-. The third-order valence-corrected chi connectivity index (χ3v) is 11.5. The molecule has 0 heterocycles. The summed E-state index contributed by atoms with van der Waals surface area (Å²) < 4.78 is 121. The van der Waals surface area contributed by atoms with Crippen LogP contribution in [0, 0.1) is 0 Å². The van der Waals surface area contributed by atoms with Crippen molar-refractivity contribution in [3.8, 4) is 5.75 Å². The molecule has 23 heteroatoms. The lowest BCUT2D eigenvalue weighted by atomic mass is 10.1. The number of azo groups is 3. The highest BCUT2D eigenvalue weighted by atomic mass is 32.2. The summed E-state index contributed by atoms with van der Waals surface area (Å²) in [6, 6.07) is 16.4. The van der Waals surface area contributed by atoms with E-state index in [9.17, 15) is 43.1 Å². The minimum Gasteiger partial charge on any atom is -0.768 e. The van der Waals surface area contributed by atoms with Crippen molar-refractivity contribution in [3.05, 3.63) is 103 Å². The molecule has 0 amide bonds. The number of hydrogen-bond donors (Lipinski definition) is 4. The van der Waals surface area contributed by atoms with Gasteiger partial charge in [-0.05, 0) is 77.3 Å². The van der Waals surface area contributed by atoms with Gasteiger partial charge in [0.15, 0.2) is 9.84 Å². The van der Waals surface area contributed by atoms with Gasteiger partial charge in [0.1, 0.15) is 27.7 Å². The van der Waals surface area contributed by atoms with Crippen LogP contribution in [0.25, 0.3) is 15.7 Å². The maximum atomic E-state index is 12.4. The van der Waals surface area contributed by atoms with Gasteiger partial charge in [0.25, 0.3) is 20.2 Å². The molecule has 1 unspecified atom stereocenters. The summed E-state index contributed by atoms with van der Waals surface area (Å²) in [7, 11) is -12.3. The summed E-state index contributed by atoms with van der Waals surface area (Å²) in [6.45, 7) is 6.76. The van der Waals surface area contributed by atoms with Gasteiger partial charge in [0, 0.05) is 21.1 Å². The first-order chi connectivity index (χ1) is 26.2. The molecule has 0 aliphatic heterocycles. The summed E-state index contributed by atoms with van der Waals surface area (Å²) in [5.74, 6) is 0.146. The monoisotopic (exact) mass is 839 g/mol. The van der Waals surface area contributed by atoms with E-state index in [1.54, 1.807) is 0 Å². The highest BCUT2D eigenvalue weighted by molar-refractivity contribution is 7.94. The van der Waals surface area contributed by atoms with Gasteiger partial charge in [0.2, 0.25) is 0 Å². The minimum atomic E-state index is -4.99. The number of nitrogens with zero attached hydrogens (tertiary/aromatic N) is 6. The fraction of sp³-hybridized carbons (Fsp3) is 0.0303. The van der Waals surface area contributed by atoms with Crippen LogP contribution in [0.3, 0.4) is 0 Å². The molecular weight excluding hydrogens is 813 g/mol. The third kappa shape index (κ3) is 8.89. The highest BCUT2D eigenvalue weighted by Gasteiger charge is 2.23. The molecule has 0 spiro atoms. The summed E-state index contributed by atoms with van der Waals surface area (Å²) in [4.78, 5) is -1.69. The van der Waals surface area contributed by atoms with Crippen LogP contribution in [0.1, 0.15) is 5.56 Å². The van der Waals surface area contributed by atoms with E-state index in [2.05, 4.69) is 43.8 Å². The molecule has 56 heavy (non-hydrogen) atoms. The molecule has 6 N–H and O–H groups in total. The summed E-state index contributed by atoms with van der Waals surface area (Å²) in [6.07, 6.45) is 0. The number of fused-ring (bicyclic) bond motifs is 1. The molecule has 0 saturated heterocycles. The quantitative estimate of drug-likeness (QED) is 0.0386. The van der Waals surface area contributed by atoms with Crippen LogP contribution in [0.4, 0.5) is 45.5 Å². The minimum absolute atomic E-state index is 0.0143.